The van der Waals surface area contributed by atoms with Gasteiger partial charge in [0.25, 0.3) is 0 Å². The molecule has 0 fully saturated rings. The minimum absolute atomic E-state index is 0. The maximum atomic E-state index is 11.3. The normalized spacial score (nSPS) is 11.2. The summed E-state index contributed by atoms with van der Waals surface area (Å²) in [5.74, 6) is 1.29. The maximum Gasteiger partial charge on any atom is 0.148 e. The van der Waals surface area contributed by atoms with Crippen LogP contribution in [0.3, 0.4) is 0 Å². The zero-order valence-electron chi connectivity index (χ0n) is 35.0. The Bertz CT molecular complexity index is 3180. The van der Waals surface area contributed by atoms with Gasteiger partial charge in [-0.15, -0.1) is 23.8 Å². The first-order valence-corrected chi connectivity index (χ1v) is 21.2. The molecular formula is C58H44N3OPt-. The minimum atomic E-state index is 0. The van der Waals surface area contributed by atoms with E-state index in [1.165, 1.54) is 27.8 Å². The van der Waals surface area contributed by atoms with E-state index in [1.807, 2.05) is 36.5 Å². The standard InChI is InChI=1S/C58H44N3O.Pt/c1-39(2)33-47-37-50(29-30-51(47)44-19-10-5-11-20-44)61-55-23-14-22-52(57(55)60-58(61)53-21-12-13-24-56(53)62)48-34-46(41-17-8-4-9-18-41)35-49(36-48)54-38-45(31-32-59-54)43-27-25-42(26-28-43)40-15-6-3-7-16-40;/h3-32,34-35,37-39,62H,33H2,1-2H3;/q-1;. The molecule has 10 rings (SSSR count). The number of benzene rings is 8. The van der Waals surface area contributed by atoms with E-state index in [0.29, 0.717) is 17.3 Å². The van der Waals surface area contributed by atoms with E-state index in [2.05, 4.69) is 188 Å². The number of phenolic OH excluding ortho intramolecular Hbond substituents is 1. The maximum absolute atomic E-state index is 11.3. The first-order chi connectivity index (χ1) is 30.5. The van der Waals surface area contributed by atoms with Crippen LogP contribution in [0.5, 0.6) is 5.75 Å². The quantitative estimate of drug-likeness (QED) is 0.139. The summed E-state index contributed by atoms with van der Waals surface area (Å²) in [5.41, 5.74) is 17.4. The Labute approximate surface area is 383 Å². The average Bonchev–Trinajstić information content (AvgIpc) is 3.72. The molecule has 0 bridgehead atoms. The molecule has 0 unspecified atom stereocenters. The van der Waals surface area contributed by atoms with Crippen LogP contribution in [0.15, 0.2) is 206 Å². The zero-order chi connectivity index (χ0) is 42.0. The summed E-state index contributed by atoms with van der Waals surface area (Å²) in [4.78, 5) is 10.3. The van der Waals surface area contributed by atoms with Crippen LogP contribution in [-0.2, 0) is 27.5 Å². The Morgan fingerprint density at radius 1 is 0.508 bits per heavy atom. The van der Waals surface area contributed by atoms with E-state index >= 15 is 0 Å². The van der Waals surface area contributed by atoms with Crippen molar-refractivity contribution in [3.63, 3.8) is 0 Å². The smallest absolute Gasteiger partial charge is 0.148 e. The Morgan fingerprint density at radius 2 is 1.10 bits per heavy atom. The number of aromatic hydroxyl groups is 1. The fourth-order valence-electron chi connectivity index (χ4n) is 8.54. The molecule has 0 saturated heterocycles. The molecule has 4 nitrogen and oxygen atoms in total. The van der Waals surface area contributed by atoms with Crippen LogP contribution in [-0.4, -0.2) is 19.6 Å². The van der Waals surface area contributed by atoms with Gasteiger partial charge < -0.3 is 5.11 Å². The SMILES string of the molecule is CC(C)Cc1cc(-n2c(-c3ccccc3O)nc3c(-c4[c-]c(-c5cc(-c6ccc(-c7ccccc7)cc6)ccn5)cc(-c5ccccc5)c4)cccc32)ccc1-c1ccccc1.[Pt]. The second kappa shape index (κ2) is 18.1. The number of pyridine rings is 1. The number of aromatic nitrogens is 3. The first-order valence-electron chi connectivity index (χ1n) is 21.2. The van der Waals surface area contributed by atoms with Gasteiger partial charge in [-0.05, 0) is 93.2 Å². The van der Waals surface area contributed by atoms with Crippen LogP contribution in [0.1, 0.15) is 19.4 Å². The van der Waals surface area contributed by atoms with Crippen LogP contribution in [0.2, 0.25) is 0 Å². The Morgan fingerprint density at radius 3 is 1.78 bits per heavy atom. The predicted molar refractivity (Wildman–Crippen MR) is 256 cm³/mol. The number of para-hydroxylation sites is 2. The van der Waals surface area contributed by atoms with Gasteiger partial charge in [-0.3, -0.25) is 9.55 Å². The molecule has 2 aromatic heterocycles. The zero-order valence-corrected chi connectivity index (χ0v) is 37.3. The largest absolute Gasteiger partial charge is 0.507 e. The molecular weight excluding hydrogens is 950 g/mol. The van der Waals surface area contributed by atoms with E-state index in [1.54, 1.807) is 6.07 Å². The monoisotopic (exact) mass is 993 g/mol. The van der Waals surface area contributed by atoms with Crippen LogP contribution in [0, 0.1) is 12.0 Å². The van der Waals surface area contributed by atoms with E-state index in [4.69, 9.17) is 9.97 Å². The molecule has 10 aromatic rings. The molecule has 5 heteroatoms. The Balaban J connectivity index is 0.00000504. The third-order valence-corrected chi connectivity index (χ3v) is 11.5. The van der Waals surface area contributed by atoms with Crippen molar-refractivity contribution in [1.82, 2.24) is 14.5 Å². The van der Waals surface area contributed by atoms with Crippen molar-refractivity contribution >= 4 is 11.0 Å². The summed E-state index contributed by atoms with van der Waals surface area (Å²) < 4.78 is 2.20. The van der Waals surface area contributed by atoms with Gasteiger partial charge in [-0.2, -0.15) is 0 Å². The number of fused-ring (bicyclic) bond motifs is 1. The second-order valence-electron chi connectivity index (χ2n) is 16.2. The Hall–Kier alpha value is -7.13. The number of nitrogens with zero attached hydrogens (tertiary/aromatic N) is 3. The predicted octanol–water partition coefficient (Wildman–Crippen LogP) is 14.8. The van der Waals surface area contributed by atoms with E-state index in [0.717, 1.165) is 67.8 Å². The van der Waals surface area contributed by atoms with Crippen molar-refractivity contribution < 1.29 is 26.2 Å². The number of hydrogen-bond acceptors (Lipinski definition) is 3. The molecule has 1 N–H and O–H groups in total. The topological polar surface area (TPSA) is 50.9 Å². The van der Waals surface area contributed by atoms with Crippen molar-refractivity contribution in [2.45, 2.75) is 20.3 Å². The van der Waals surface area contributed by atoms with E-state index < -0.39 is 0 Å². The van der Waals surface area contributed by atoms with Crippen molar-refractivity contribution in [2.24, 2.45) is 5.92 Å². The fraction of sp³-hybridized carbons (Fsp3) is 0.0690. The van der Waals surface area contributed by atoms with E-state index in [9.17, 15) is 5.11 Å². The molecule has 308 valence electrons. The van der Waals surface area contributed by atoms with Gasteiger partial charge >= 0.3 is 0 Å². The second-order valence-corrected chi connectivity index (χ2v) is 16.2. The summed E-state index contributed by atoms with van der Waals surface area (Å²) in [6, 6.07) is 73.1. The Kier molecular flexibility index (Phi) is 11.8. The van der Waals surface area contributed by atoms with Gasteiger partial charge in [-0.1, -0.05) is 182 Å². The fourth-order valence-corrected chi connectivity index (χ4v) is 8.54. The molecule has 0 aliphatic heterocycles. The molecule has 0 radical (unpaired) electrons. The van der Waals surface area contributed by atoms with Gasteiger partial charge in [0.15, 0.2) is 0 Å². The van der Waals surface area contributed by atoms with Crippen LogP contribution in [0.25, 0.3) is 95.0 Å². The van der Waals surface area contributed by atoms with Gasteiger partial charge in [0.05, 0.1) is 16.6 Å². The van der Waals surface area contributed by atoms with Gasteiger partial charge in [0.1, 0.15) is 11.6 Å². The van der Waals surface area contributed by atoms with Crippen LogP contribution < -0.4 is 0 Å². The van der Waals surface area contributed by atoms with Crippen molar-refractivity contribution in [2.75, 3.05) is 0 Å². The summed E-state index contributed by atoms with van der Waals surface area (Å²) in [6.45, 7) is 4.52. The molecule has 0 spiro atoms. The van der Waals surface area contributed by atoms with Crippen LogP contribution >= 0.6 is 0 Å². The molecule has 2 heterocycles. The van der Waals surface area contributed by atoms with Crippen molar-refractivity contribution in [3.05, 3.63) is 218 Å². The van der Waals surface area contributed by atoms with Gasteiger partial charge in [-0.25, -0.2) is 4.98 Å². The molecule has 63 heavy (non-hydrogen) atoms. The summed E-state index contributed by atoms with van der Waals surface area (Å²) >= 11 is 0. The molecule has 0 saturated carbocycles. The molecule has 8 aromatic carbocycles. The summed E-state index contributed by atoms with van der Waals surface area (Å²) in [5, 5.41) is 11.3. The van der Waals surface area contributed by atoms with Crippen molar-refractivity contribution in [1.29, 1.82) is 0 Å². The number of imidazole rings is 1. The molecule has 0 amide bonds. The first kappa shape index (κ1) is 41.2. The van der Waals surface area contributed by atoms with Gasteiger partial charge in [0.2, 0.25) is 0 Å². The summed E-state index contributed by atoms with van der Waals surface area (Å²) in [7, 11) is 0. The number of phenols is 1. The van der Waals surface area contributed by atoms with E-state index in [-0.39, 0.29) is 26.8 Å². The minimum Gasteiger partial charge on any atom is -0.507 e. The molecule has 0 aliphatic rings. The number of rotatable bonds is 10. The van der Waals surface area contributed by atoms with Crippen molar-refractivity contribution in [3.8, 4) is 89.7 Å². The molecule has 0 aliphatic carbocycles. The van der Waals surface area contributed by atoms with Crippen LogP contribution in [0.4, 0.5) is 0 Å². The van der Waals surface area contributed by atoms with Gasteiger partial charge in [0, 0.05) is 38.6 Å². The third kappa shape index (κ3) is 8.43. The molecule has 0 atom stereocenters. The summed E-state index contributed by atoms with van der Waals surface area (Å²) in [6.07, 6.45) is 2.80. The average molecular weight is 994 g/mol. The third-order valence-electron chi connectivity index (χ3n) is 11.5. The number of hydrogen-bond donors (Lipinski definition) is 1.